The van der Waals surface area contributed by atoms with Gasteiger partial charge in [0.05, 0.1) is 12.5 Å². The quantitative estimate of drug-likeness (QED) is 0.250. The van der Waals surface area contributed by atoms with Crippen LogP contribution in [0.3, 0.4) is 0 Å². The monoisotopic (exact) mass is 400 g/mol. The summed E-state index contributed by atoms with van der Waals surface area (Å²) in [4.78, 5) is 12.6. The first-order chi connectivity index (χ1) is 14.2. The topological polar surface area (TPSA) is 35.5 Å². The molecule has 2 aliphatic carbocycles. The van der Waals surface area contributed by atoms with Crippen LogP contribution in [-0.2, 0) is 4.79 Å². The minimum absolute atomic E-state index is 0.0473. The van der Waals surface area contributed by atoms with Gasteiger partial charge in [-0.15, -0.1) is 0 Å². The molecule has 0 aliphatic heterocycles. The third-order valence-corrected chi connectivity index (χ3v) is 7.14. The van der Waals surface area contributed by atoms with Crippen LogP contribution in [0, 0.1) is 23.7 Å². The molecular weight excluding hydrogens is 360 g/mol. The highest BCUT2D eigenvalue weighted by atomic mass is 16.5. The summed E-state index contributed by atoms with van der Waals surface area (Å²) in [6.07, 6.45) is 14.8. The molecule has 0 radical (unpaired) electrons. The number of hydrogen-bond donors (Lipinski definition) is 0. The lowest BCUT2D eigenvalue weighted by molar-refractivity contribution is -0.140. The second-order valence-corrected chi connectivity index (χ2v) is 9.43. The molecule has 1 aromatic rings. The third kappa shape index (κ3) is 7.04. The maximum absolute atomic E-state index is 12.6. The van der Waals surface area contributed by atoms with Crippen LogP contribution >= 0.6 is 0 Å². The van der Waals surface area contributed by atoms with Crippen molar-refractivity contribution in [2.75, 3.05) is 6.61 Å². The number of hydrogen-bond acceptors (Lipinski definition) is 3. The summed E-state index contributed by atoms with van der Waals surface area (Å²) >= 11 is 0. The molecular formula is C26H40O3. The van der Waals surface area contributed by atoms with Gasteiger partial charge >= 0.3 is 5.97 Å². The highest BCUT2D eigenvalue weighted by Gasteiger charge is 2.33. The summed E-state index contributed by atoms with van der Waals surface area (Å²) in [5.41, 5.74) is 0. The Kier molecular flexibility index (Phi) is 8.89. The van der Waals surface area contributed by atoms with E-state index in [1.165, 1.54) is 57.8 Å². The van der Waals surface area contributed by atoms with Crippen LogP contribution in [0.5, 0.6) is 11.5 Å². The van der Waals surface area contributed by atoms with Crippen LogP contribution in [0.25, 0.3) is 0 Å². The average Bonchev–Trinajstić information content (AvgIpc) is 2.75. The summed E-state index contributed by atoms with van der Waals surface area (Å²) in [5, 5.41) is 0. The molecule has 162 valence electrons. The Labute approximate surface area is 177 Å². The summed E-state index contributed by atoms with van der Waals surface area (Å²) in [5.74, 6) is 4.16. The van der Waals surface area contributed by atoms with Crippen molar-refractivity contribution < 1.29 is 14.3 Å². The average molecular weight is 401 g/mol. The smallest absolute Gasteiger partial charge is 0.314 e. The van der Waals surface area contributed by atoms with Gasteiger partial charge in [-0.3, -0.25) is 4.79 Å². The van der Waals surface area contributed by atoms with Crippen molar-refractivity contribution in [3.05, 3.63) is 24.3 Å². The fourth-order valence-corrected chi connectivity index (χ4v) is 5.11. The molecule has 0 atom stereocenters. The molecule has 2 saturated carbocycles. The first kappa shape index (κ1) is 22.2. The Balaban J connectivity index is 1.37. The van der Waals surface area contributed by atoms with Crippen molar-refractivity contribution in [1.82, 2.24) is 0 Å². The second-order valence-electron chi connectivity index (χ2n) is 9.43. The highest BCUT2D eigenvalue weighted by Crippen LogP contribution is 2.41. The SMILES string of the molecule is CCCCCCOc1ccc(OC(=O)C2CCC(C3CCC(C)CC3)CC2)cc1. The minimum Gasteiger partial charge on any atom is -0.494 e. The molecule has 0 saturated heterocycles. The van der Waals surface area contributed by atoms with E-state index in [1.807, 2.05) is 24.3 Å². The Bertz CT molecular complexity index is 593. The molecule has 0 aromatic heterocycles. The van der Waals surface area contributed by atoms with Crippen molar-refractivity contribution in [3.63, 3.8) is 0 Å². The Morgan fingerprint density at radius 2 is 1.41 bits per heavy atom. The zero-order chi connectivity index (χ0) is 20.5. The van der Waals surface area contributed by atoms with E-state index in [-0.39, 0.29) is 11.9 Å². The first-order valence-corrected chi connectivity index (χ1v) is 12.1. The van der Waals surface area contributed by atoms with E-state index < -0.39 is 0 Å². The molecule has 0 unspecified atom stereocenters. The molecule has 0 bridgehead atoms. The van der Waals surface area contributed by atoms with Gasteiger partial charge in [0.15, 0.2) is 0 Å². The first-order valence-electron chi connectivity index (χ1n) is 12.1. The van der Waals surface area contributed by atoms with Crippen molar-refractivity contribution in [2.24, 2.45) is 23.7 Å². The number of benzene rings is 1. The number of carbonyl (C=O) groups excluding carboxylic acids is 1. The lowest BCUT2D eigenvalue weighted by atomic mass is 9.69. The van der Waals surface area contributed by atoms with Gasteiger partial charge in [-0.2, -0.15) is 0 Å². The molecule has 0 heterocycles. The van der Waals surface area contributed by atoms with Crippen LogP contribution in [-0.4, -0.2) is 12.6 Å². The van der Waals surface area contributed by atoms with Crippen molar-refractivity contribution >= 4 is 5.97 Å². The van der Waals surface area contributed by atoms with Gasteiger partial charge < -0.3 is 9.47 Å². The van der Waals surface area contributed by atoms with E-state index in [0.29, 0.717) is 5.75 Å². The lowest BCUT2D eigenvalue weighted by Gasteiger charge is -2.36. The molecule has 1 aromatic carbocycles. The van der Waals surface area contributed by atoms with Crippen molar-refractivity contribution in [1.29, 1.82) is 0 Å². The molecule has 3 heteroatoms. The third-order valence-electron chi connectivity index (χ3n) is 7.14. The molecule has 3 rings (SSSR count). The van der Waals surface area contributed by atoms with E-state index in [9.17, 15) is 4.79 Å². The van der Waals surface area contributed by atoms with Crippen molar-refractivity contribution in [2.45, 2.75) is 90.9 Å². The predicted molar refractivity (Wildman–Crippen MR) is 118 cm³/mol. The lowest BCUT2D eigenvalue weighted by Crippen LogP contribution is -2.29. The van der Waals surface area contributed by atoms with E-state index in [0.717, 1.165) is 49.4 Å². The fraction of sp³-hybridized carbons (Fsp3) is 0.731. The number of carbonyl (C=O) groups is 1. The largest absolute Gasteiger partial charge is 0.494 e. The molecule has 0 amide bonds. The zero-order valence-electron chi connectivity index (χ0n) is 18.5. The highest BCUT2D eigenvalue weighted by molar-refractivity contribution is 5.75. The van der Waals surface area contributed by atoms with E-state index in [4.69, 9.17) is 9.47 Å². The molecule has 2 aliphatic rings. The molecule has 0 N–H and O–H groups in total. The van der Waals surface area contributed by atoms with E-state index >= 15 is 0 Å². The normalized spacial score (nSPS) is 27.4. The molecule has 2 fully saturated rings. The number of ether oxygens (including phenoxy) is 2. The van der Waals surface area contributed by atoms with Crippen LogP contribution in [0.15, 0.2) is 24.3 Å². The van der Waals surface area contributed by atoms with Crippen LogP contribution in [0.2, 0.25) is 0 Å². The van der Waals surface area contributed by atoms with Gasteiger partial charge in [-0.05, 0) is 87.0 Å². The molecule has 0 spiro atoms. The van der Waals surface area contributed by atoms with Crippen molar-refractivity contribution in [3.8, 4) is 11.5 Å². The van der Waals surface area contributed by atoms with E-state index in [2.05, 4.69) is 13.8 Å². The summed E-state index contributed by atoms with van der Waals surface area (Å²) in [6, 6.07) is 7.52. The van der Waals surface area contributed by atoms with Crippen LogP contribution < -0.4 is 9.47 Å². The van der Waals surface area contributed by atoms with Gasteiger partial charge in [0.25, 0.3) is 0 Å². The zero-order valence-corrected chi connectivity index (χ0v) is 18.5. The summed E-state index contributed by atoms with van der Waals surface area (Å²) < 4.78 is 11.4. The Morgan fingerprint density at radius 3 is 2.03 bits per heavy atom. The summed E-state index contributed by atoms with van der Waals surface area (Å²) in [7, 11) is 0. The Morgan fingerprint density at radius 1 is 0.828 bits per heavy atom. The Hall–Kier alpha value is -1.51. The predicted octanol–water partition coefficient (Wildman–Crippen LogP) is 7.18. The maximum atomic E-state index is 12.6. The van der Waals surface area contributed by atoms with Gasteiger partial charge in [0, 0.05) is 0 Å². The molecule has 29 heavy (non-hydrogen) atoms. The van der Waals surface area contributed by atoms with Crippen LogP contribution in [0.4, 0.5) is 0 Å². The van der Waals surface area contributed by atoms with Gasteiger partial charge in [-0.25, -0.2) is 0 Å². The van der Waals surface area contributed by atoms with Gasteiger partial charge in [0.1, 0.15) is 11.5 Å². The molecule has 3 nitrogen and oxygen atoms in total. The number of esters is 1. The van der Waals surface area contributed by atoms with E-state index in [1.54, 1.807) is 0 Å². The minimum atomic E-state index is -0.0473. The number of unbranched alkanes of at least 4 members (excludes halogenated alkanes) is 3. The van der Waals surface area contributed by atoms with Gasteiger partial charge in [0.2, 0.25) is 0 Å². The van der Waals surface area contributed by atoms with Crippen LogP contribution in [0.1, 0.15) is 90.9 Å². The summed E-state index contributed by atoms with van der Waals surface area (Å²) in [6.45, 7) is 5.35. The van der Waals surface area contributed by atoms with Gasteiger partial charge in [-0.1, -0.05) is 46.0 Å². The standard InChI is InChI=1S/C26H40O3/c1-3-4-5-6-19-28-24-15-17-25(18-16-24)29-26(27)23-13-11-22(12-14-23)21-9-7-20(2)8-10-21/h15-18,20-23H,3-14,19H2,1-2H3. The fourth-order valence-electron chi connectivity index (χ4n) is 5.11. The number of rotatable bonds is 9. The maximum Gasteiger partial charge on any atom is 0.314 e. The second kappa shape index (κ2) is 11.6.